The van der Waals surface area contributed by atoms with Crippen LogP contribution in [-0.4, -0.2) is 29.9 Å². The van der Waals surface area contributed by atoms with Crippen molar-refractivity contribution in [2.75, 3.05) is 13.1 Å². The third kappa shape index (κ3) is 3.65. The van der Waals surface area contributed by atoms with Gasteiger partial charge >= 0.3 is 6.18 Å². The Morgan fingerprint density at radius 3 is 2.50 bits per heavy atom. The summed E-state index contributed by atoms with van der Waals surface area (Å²) in [5, 5.41) is 0. The average Bonchev–Trinajstić information content (AvgIpc) is 2.73. The smallest absolute Gasteiger partial charge is 0.337 e. The normalized spacial score (nSPS) is 18.9. The number of nitrogens with two attached hydrogens (primary N) is 1. The van der Waals surface area contributed by atoms with Gasteiger partial charge in [-0.25, -0.2) is 0 Å². The van der Waals surface area contributed by atoms with Crippen molar-refractivity contribution in [3.63, 3.8) is 0 Å². The van der Waals surface area contributed by atoms with Gasteiger partial charge in [-0.15, -0.1) is 12.4 Å². The molecule has 0 aliphatic carbocycles. The predicted molar refractivity (Wildman–Crippen MR) is 74.9 cm³/mol. The Hall–Kier alpha value is -0.790. The minimum absolute atomic E-state index is 0. The number of halogens is 5. The standard InChI is InChI=1S/C12H12BrF3N2O.ClH/c13-10-5-7(1-2-9(10)12(14,15)16)11(19)18-4-3-8(17)6-18;/h1-2,5,8H,3-4,6,17H2;1H. The molecule has 0 spiro atoms. The van der Waals surface area contributed by atoms with E-state index in [9.17, 15) is 18.0 Å². The number of likely N-dealkylation sites (tertiary alicyclic amines) is 1. The van der Waals surface area contributed by atoms with Crippen LogP contribution in [0.15, 0.2) is 22.7 Å². The maximum atomic E-state index is 12.6. The fourth-order valence-corrected chi connectivity index (χ4v) is 2.64. The molecule has 0 bridgehead atoms. The van der Waals surface area contributed by atoms with Crippen molar-refractivity contribution in [3.8, 4) is 0 Å². The monoisotopic (exact) mass is 372 g/mol. The van der Waals surface area contributed by atoms with Gasteiger partial charge in [-0.3, -0.25) is 4.79 Å². The number of nitrogens with zero attached hydrogens (tertiary/aromatic N) is 1. The second kappa shape index (κ2) is 6.32. The third-order valence-electron chi connectivity index (χ3n) is 3.03. The summed E-state index contributed by atoms with van der Waals surface area (Å²) in [5.74, 6) is -0.289. The SMILES string of the molecule is Cl.NC1CCN(C(=O)c2ccc(C(F)(F)F)c(Br)c2)C1. The minimum atomic E-state index is -4.43. The van der Waals surface area contributed by atoms with Gasteiger partial charge in [-0.05, 0) is 24.6 Å². The molecule has 2 rings (SSSR count). The lowest BCUT2D eigenvalue weighted by Gasteiger charge is -2.17. The molecule has 20 heavy (non-hydrogen) atoms. The van der Waals surface area contributed by atoms with Crippen LogP contribution in [0.3, 0.4) is 0 Å². The zero-order valence-corrected chi connectivity index (χ0v) is 12.7. The molecule has 1 heterocycles. The van der Waals surface area contributed by atoms with Crippen molar-refractivity contribution < 1.29 is 18.0 Å². The molecule has 1 atom stereocenters. The van der Waals surface area contributed by atoms with E-state index in [1.165, 1.54) is 12.1 Å². The lowest BCUT2D eigenvalue weighted by Crippen LogP contribution is -2.31. The first-order chi connectivity index (χ1) is 8.79. The topological polar surface area (TPSA) is 46.3 Å². The minimum Gasteiger partial charge on any atom is -0.337 e. The molecule has 2 N–H and O–H groups in total. The molecule has 1 amide bonds. The van der Waals surface area contributed by atoms with Gasteiger partial charge in [0.1, 0.15) is 0 Å². The zero-order valence-electron chi connectivity index (χ0n) is 10.3. The van der Waals surface area contributed by atoms with Crippen LogP contribution in [-0.2, 0) is 6.18 Å². The highest BCUT2D eigenvalue weighted by molar-refractivity contribution is 9.10. The molecule has 1 aliphatic heterocycles. The van der Waals surface area contributed by atoms with Crippen LogP contribution < -0.4 is 5.73 Å². The molecule has 8 heteroatoms. The van der Waals surface area contributed by atoms with Crippen molar-refractivity contribution in [2.24, 2.45) is 5.73 Å². The van der Waals surface area contributed by atoms with Crippen LogP contribution in [0.25, 0.3) is 0 Å². The Morgan fingerprint density at radius 1 is 1.40 bits per heavy atom. The largest absolute Gasteiger partial charge is 0.417 e. The van der Waals surface area contributed by atoms with Gasteiger partial charge in [0, 0.05) is 29.2 Å². The zero-order chi connectivity index (χ0) is 14.2. The number of hydrogen-bond donors (Lipinski definition) is 1. The summed E-state index contributed by atoms with van der Waals surface area (Å²) in [4.78, 5) is 13.6. The quantitative estimate of drug-likeness (QED) is 0.822. The van der Waals surface area contributed by atoms with Gasteiger partial charge in [-0.2, -0.15) is 13.2 Å². The van der Waals surface area contributed by atoms with Gasteiger partial charge < -0.3 is 10.6 Å². The van der Waals surface area contributed by atoms with E-state index in [0.29, 0.717) is 19.5 Å². The molecule has 1 fully saturated rings. The fraction of sp³-hybridized carbons (Fsp3) is 0.417. The van der Waals surface area contributed by atoms with E-state index in [1.54, 1.807) is 4.90 Å². The van der Waals surface area contributed by atoms with E-state index in [2.05, 4.69) is 15.9 Å². The maximum absolute atomic E-state index is 12.6. The molecule has 112 valence electrons. The number of hydrogen-bond acceptors (Lipinski definition) is 2. The molecule has 1 saturated heterocycles. The Kier molecular flexibility index (Phi) is 5.46. The summed E-state index contributed by atoms with van der Waals surface area (Å²) in [7, 11) is 0. The summed E-state index contributed by atoms with van der Waals surface area (Å²) in [6.07, 6.45) is -3.72. The molecular formula is C12H13BrClF3N2O. The summed E-state index contributed by atoms with van der Waals surface area (Å²) in [6.45, 7) is 0.982. The lowest BCUT2D eigenvalue weighted by molar-refractivity contribution is -0.138. The first kappa shape index (κ1) is 17.3. The number of rotatable bonds is 1. The number of carbonyl (C=O) groups is 1. The molecule has 1 aliphatic rings. The average molecular weight is 374 g/mol. The van der Waals surface area contributed by atoms with Crippen LogP contribution >= 0.6 is 28.3 Å². The van der Waals surface area contributed by atoms with Crippen molar-refractivity contribution in [2.45, 2.75) is 18.6 Å². The molecule has 1 aromatic rings. The molecular weight excluding hydrogens is 360 g/mol. The molecule has 1 aromatic carbocycles. The van der Waals surface area contributed by atoms with Crippen LogP contribution in [0.2, 0.25) is 0 Å². The van der Waals surface area contributed by atoms with Gasteiger partial charge in [0.25, 0.3) is 5.91 Å². The van der Waals surface area contributed by atoms with Crippen molar-refractivity contribution in [3.05, 3.63) is 33.8 Å². The van der Waals surface area contributed by atoms with Crippen LogP contribution in [0, 0.1) is 0 Å². The van der Waals surface area contributed by atoms with Gasteiger partial charge in [-0.1, -0.05) is 15.9 Å². The highest BCUT2D eigenvalue weighted by Crippen LogP contribution is 2.35. The molecule has 0 aromatic heterocycles. The Labute approximate surface area is 128 Å². The second-order valence-electron chi connectivity index (χ2n) is 4.49. The van der Waals surface area contributed by atoms with E-state index in [-0.39, 0.29) is 34.4 Å². The van der Waals surface area contributed by atoms with Crippen LogP contribution in [0.4, 0.5) is 13.2 Å². The van der Waals surface area contributed by atoms with E-state index >= 15 is 0 Å². The highest BCUT2D eigenvalue weighted by atomic mass is 79.9. The number of benzene rings is 1. The first-order valence-corrected chi connectivity index (χ1v) is 6.50. The first-order valence-electron chi connectivity index (χ1n) is 5.70. The van der Waals surface area contributed by atoms with Crippen LogP contribution in [0.1, 0.15) is 22.3 Å². The molecule has 3 nitrogen and oxygen atoms in total. The van der Waals surface area contributed by atoms with Gasteiger partial charge in [0.15, 0.2) is 0 Å². The van der Waals surface area contributed by atoms with E-state index < -0.39 is 11.7 Å². The van der Waals surface area contributed by atoms with E-state index in [0.717, 1.165) is 6.07 Å². The molecule has 0 saturated carbocycles. The van der Waals surface area contributed by atoms with E-state index in [1.807, 2.05) is 0 Å². The highest BCUT2D eigenvalue weighted by Gasteiger charge is 2.33. The summed E-state index contributed by atoms with van der Waals surface area (Å²) < 4.78 is 37.6. The summed E-state index contributed by atoms with van der Waals surface area (Å²) >= 11 is 2.86. The Bertz CT molecular complexity index is 510. The summed E-state index contributed by atoms with van der Waals surface area (Å²) in [6, 6.07) is 3.25. The summed E-state index contributed by atoms with van der Waals surface area (Å²) in [5.41, 5.74) is 5.14. The molecule has 1 unspecified atom stereocenters. The van der Waals surface area contributed by atoms with Crippen LogP contribution in [0.5, 0.6) is 0 Å². The number of alkyl halides is 3. The predicted octanol–water partition coefficient (Wildman–Crippen LogP) is 3.06. The van der Waals surface area contributed by atoms with Crippen molar-refractivity contribution in [1.82, 2.24) is 4.90 Å². The fourth-order valence-electron chi connectivity index (χ4n) is 2.03. The van der Waals surface area contributed by atoms with Crippen molar-refractivity contribution in [1.29, 1.82) is 0 Å². The van der Waals surface area contributed by atoms with Gasteiger partial charge in [0.2, 0.25) is 0 Å². The molecule has 0 radical (unpaired) electrons. The van der Waals surface area contributed by atoms with Crippen molar-refractivity contribution >= 4 is 34.2 Å². The second-order valence-corrected chi connectivity index (χ2v) is 5.35. The number of carbonyl (C=O) groups excluding carboxylic acids is 1. The Morgan fingerprint density at radius 2 is 2.05 bits per heavy atom. The van der Waals surface area contributed by atoms with E-state index in [4.69, 9.17) is 5.73 Å². The Balaban J connectivity index is 0.00000200. The third-order valence-corrected chi connectivity index (χ3v) is 3.69. The number of amides is 1. The maximum Gasteiger partial charge on any atom is 0.417 e. The van der Waals surface area contributed by atoms with Gasteiger partial charge in [0.05, 0.1) is 5.56 Å². The lowest BCUT2D eigenvalue weighted by atomic mass is 10.1.